The maximum atomic E-state index is 12.7. The van der Waals surface area contributed by atoms with Gasteiger partial charge in [-0.1, -0.05) is 18.2 Å². The number of anilines is 1. The van der Waals surface area contributed by atoms with Crippen LogP contribution in [0.5, 0.6) is 17.2 Å². The van der Waals surface area contributed by atoms with Crippen LogP contribution in [0, 0.1) is 6.92 Å². The van der Waals surface area contributed by atoms with Gasteiger partial charge in [0.25, 0.3) is 5.91 Å². The summed E-state index contributed by atoms with van der Waals surface area (Å²) in [5, 5.41) is 2.86. The van der Waals surface area contributed by atoms with E-state index >= 15 is 0 Å². The maximum absolute atomic E-state index is 12.7. The fraction of sp³-hybridized carbons (Fsp3) is 0.0833. The van der Waals surface area contributed by atoms with Crippen molar-refractivity contribution in [2.45, 2.75) is 13.5 Å². The number of ether oxygens (including phenoxy) is 2. The number of nitrogens with one attached hydrogen (secondary N) is 1. The largest absolute Gasteiger partial charge is 0.489 e. The second-order valence-corrected chi connectivity index (χ2v) is 6.60. The van der Waals surface area contributed by atoms with Crippen LogP contribution in [0.1, 0.15) is 21.7 Å². The van der Waals surface area contributed by atoms with Crippen LogP contribution in [0.3, 0.4) is 0 Å². The number of hydrogen-bond acceptors (Lipinski definition) is 5. The van der Waals surface area contributed by atoms with Crippen molar-refractivity contribution in [2.24, 2.45) is 0 Å². The van der Waals surface area contributed by atoms with Crippen LogP contribution in [0.25, 0.3) is 0 Å². The molecule has 6 nitrogen and oxygen atoms in total. The maximum Gasteiger partial charge on any atom is 0.291 e. The molecule has 150 valence electrons. The van der Waals surface area contributed by atoms with Crippen molar-refractivity contribution in [1.29, 1.82) is 0 Å². The highest BCUT2D eigenvalue weighted by Crippen LogP contribution is 2.27. The summed E-state index contributed by atoms with van der Waals surface area (Å²) in [6, 6.07) is 20.2. The number of rotatable bonds is 7. The minimum atomic E-state index is -0.341. The predicted octanol–water partition coefficient (Wildman–Crippen LogP) is 5.61. The Morgan fingerprint density at radius 2 is 1.87 bits per heavy atom. The molecule has 4 rings (SSSR count). The minimum Gasteiger partial charge on any atom is -0.489 e. The standard InChI is InChI=1S/C24H20N2O4/c1-17-14-19(9-10-22(17)30-21-8-5-12-25-15-21)26-24(27)23-18(11-13-28-23)16-29-20-6-3-2-4-7-20/h2-15H,16H2,1H3,(H,26,27). The Labute approximate surface area is 174 Å². The molecule has 1 N–H and O–H groups in total. The van der Waals surface area contributed by atoms with Crippen LogP contribution in [0.4, 0.5) is 5.69 Å². The van der Waals surface area contributed by atoms with Gasteiger partial charge in [-0.3, -0.25) is 9.78 Å². The summed E-state index contributed by atoms with van der Waals surface area (Å²) >= 11 is 0. The van der Waals surface area contributed by atoms with Crippen molar-refractivity contribution in [3.63, 3.8) is 0 Å². The molecule has 2 aromatic heterocycles. The summed E-state index contributed by atoms with van der Waals surface area (Å²) in [6.07, 6.45) is 4.81. The third kappa shape index (κ3) is 4.67. The molecular weight excluding hydrogens is 380 g/mol. The van der Waals surface area contributed by atoms with Gasteiger partial charge in [0.15, 0.2) is 5.76 Å². The van der Waals surface area contributed by atoms with Gasteiger partial charge in [0.1, 0.15) is 23.9 Å². The van der Waals surface area contributed by atoms with Crippen LogP contribution in [0.2, 0.25) is 0 Å². The number of carbonyl (C=O) groups excluding carboxylic acids is 1. The Hall–Kier alpha value is -4.06. The molecule has 0 atom stereocenters. The van der Waals surface area contributed by atoms with Crippen LogP contribution in [-0.2, 0) is 6.61 Å². The number of aryl methyl sites for hydroxylation is 1. The molecule has 0 aliphatic heterocycles. The van der Waals surface area contributed by atoms with Gasteiger partial charge in [-0.15, -0.1) is 0 Å². The molecule has 4 aromatic rings. The molecule has 30 heavy (non-hydrogen) atoms. The number of aromatic nitrogens is 1. The van der Waals surface area contributed by atoms with Crippen molar-refractivity contribution >= 4 is 11.6 Å². The smallest absolute Gasteiger partial charge is 0.291 e. The van der Waals surface area contributed by atoms with Crippen molar-refractivity contribution in [3.8, 4) is 17.2 Å². The third-order valence-corrected chi connectivity index (χ3v) is 4.39. The predicted molar refractivity (Wildman–Crippen MR) is 113 cm³/mol. The van der Waals surface area contributed by atoms with E-state index in [9.17, 15) is 4.79 Å². The van der Waals surface area contributed by atoms with Crippen LogP contribution >= 0.6 is 0 Å². The van der Waals surface area contributed by atoms with Gasteiger partial charge in [0.2, 0.25) is 0 Å². The first-order valence-corrected chi connectivity index (χ1v) is 9.43. The highest BCUT2D eigenvalue weighted by molar-refractivity contribution is 6.03. The quantitative estimate of drug-likeness (QED) is 0.437. The zero-order chi connectivity index (χ0) is 20.8. The number of pyridine rings is 1. The molecule has 1 amide bonds. The molecule has 0 radical (unpaired) electrons. The van der Waals surface area contributed by atoms with E-state index in [-0.39, 0.29) is 18.3 Å². The molecule has 2 heterocycles. The summed E-state index contributed by atoms with van der Waals surface area (Å²) in [5.41, 5.74) is 2.19. The van der Waals surface area contributed by atoms with E-state index in [4.69, 9.17) is 13.9 Å². The highest BCUT2D eigenvalue weighted by Gasteiger charge is 2.17. The summed E-state index contributed by atoms with van der Waals surface area (Å²) in [4.78, 5) is 16.7. The molecule has 0 spiro atoms. The SMILES string of the molecule is Cc1cc(NC(=O)c2occc2COc2ccccc2)ccc1Oc1cccnc1. The summed E-state index contributed by atoms with van der Waals surface area (Å²) in [6.45, 7) is 2.15. The average Bonchev–Trinajstić information content (AvgIpc) is 3.25. The zero-order valence-corrected chi connectivity index (χ0v) is 16.4. The number of para-hydroxylation sites is 1. The van der Waals surface area contributed by atoms with Crippen LogP contribution in [0.15, 0.2) is 89.8 Å². The monoisotopic (exact) mass is 400 g/mol. The Morgan fingerprint density at radius 1 is 1.03 bits per heavy atom. The van der Waals surface area contributed by atoms with Crippen molar-refractivity contribution in [1.82, 2.24) is 4.98 Å². The molecular formula is C24H20N2O4. The van der Waals surface area contributed by atoms with Crippen LogP contribution < -0.4 is 14.8 Å². The first-order chi connectivity index (χ1) is 14.7. The van der Waals surface area contributed by atoms with E-state index in [1.807, 2.05) is 55.5 Å². The molecule has 2 aromatic carbocycles. The molecule has 0 saturated heterocycles. The summed E-state index contributed by atoms with van der Waals surface area (Å²) < 4.78 is 16.9. The fourth-order valence-electron chi connectivity index (χ4n) is 2.89. The number of hydrogen-bond donors (Lipinski definition) is 1. The van der Waals surface area contributed by atoms with Gasteiger partial charge < -0.3 is 19.2 Å². The molecule has 0 bridgehead atoms. The molecule has 6 heteroatoms. The summed E-state index contributed by atoms with van der Waals surface area (Å²) in [7, 11) is 0. The van der Waals surface area contributed by atoms with Crippen molar-refractivity contribution in [2.75, 3.05) is 5.32 Å². The Morgan fingerprint density at radius 3 is 2.63 bits per heavy atom. The fourth-order valence-corrected chi connectivity index (χ4v) is 2.89. The van der Waals surface area contributed by atoms with E-state index in [0.29, 0.717) is 22.7 Å². The number of benzene rings is 2. The Kier molecular flexibility index (Phi) is 5.75. The molecule has 0 aliphatic carbocycles. The second kappa shape index (κ2) is 8.96. The van der Waals surface area contributed by atoms with Gasteiger partial charge >= 0.3 is 0 Å². The van der Waals surface area contributed by atoms with E-state index in [1.165, 1.54) is 6.26 Å². The van der Waals surface area contributed by atoms with Gasteiger partial charge in [-0.2, -0.15) is 0 Å². The first kappa shape index (κ1) is 19.3. The zero-order valence-electron chi connectivity index (χ0n) is 16.4. The van der Waals surface area contributed by atoms with E-state index in [2.05, 4.69) is 10.3 Å². The lowest BCUT2D eigenvalue weighted by molar-refractivity contribution is 0.0993. The lowest BCUT2D eigenvalue weighted by atomic mass is 10.2. The number of furan rings is 1. The topological polar surface area (TPSA) is 73.6 Å². The number of carbonyl (C=O) groups is 1. The second-order valence-electron chi connectivity index (χ2n) is 6.60. The number of nitrogens with zero attached hydrogens (tertiary/aromatic N) is 1. The normalized spacial score (nSPS) is 10.4. The molecule has 0 saturated carbocycles. The lowest BCUT2D eigenvalue weighted by Gasteiger charge is -2.11. The molecule has 0 unspecified atom stereocenters. The first-order valence-electron chi connectivity index (χ1n) is 9.43. The van der Waals surface area contributed by atoms with Gasteiger partial charge in [-0.25, -0.2) is 0 Å². The van der Waals surface area contributed by atoms with Crippen molar-refractivity contribution < 1.29 is 18.7 Å². The van der Waals surface area contributed by atoms with Crippen molar-refractivity contribution in [3.05, 3.63) is 102 Å². The van der Waals surface area contributed by atoms with E-state index in [1.54, 1.807) is 30.6 Å². The lowest BCUT2D eigenvalue weighted by Crippen LogP contribution is -2.13. The average molecular weight is 400 g/mol. The van der Waals surface area contributed by atoms with Gasteiger partial charge in [-0.05, 0) is 61.0 Å². The summed E-state index contributed by atoms with van der Waals surface area (Å²) in [5.74, 6) is 1.95. The van der Waals surface area contributed by atoms with Gasteiger partial charge in [0, 0.05) is 17.4 Å². The highest BCUT2D eigenvalue weighted by atomic mass is 16.5. The molecule has 0 fully saturated rings. The van der Waals surface area contributed by atoms with Gasteiger partial charge in [0.05, 0.1) is 12.5 Å². The minimum absolute atomic E-state index is 0.222. The van der Waals surface area contributed by atoms with E-state index in [0.717, 1.165) is 11.3 Å². The van der Waals surface area contributed by atoms with Crippen LogP contribution in [-0.4, -0.2) is 10.9 Å². The Balaban J connectivity index is 1.42. The number of amides is 1. The third-order valence-electron chi connectivity index (χ3n) is 4.39. The Bertz CT molecular complexity index is 1120. The molecule has 0 aliphatic rings. The van der Waals surface area contributed by atoms with E-state index < -0.39 is 0 Å².